The maximum absolute atomic E-state index is 14.8. The fourth-order valence-corrected chi connectivity index (χ4v) is 5.30. The molecular weight excluding hydrogens is 457 g/mol. The molecule has 1 aliphatic rings. The van der Waals surface area contributed by atoms with E-state index in [4.69, 9.17) is 4.74 Å². The standard InChI is InChI=1S/C32H37F3O/c1-3-4-5-20-36-30-19-17-27(21-29(30)33)24-13-8-23(9-14-24)10-15-26-16-18-28(32(35)31(26)34)25-11-6-22(2)7-12-25/h6-7,11-12,16-19,21,23-24H,3-5,8-10,13-15,20H2,1-2H3. The predicted octanol–water partition coefficient (Wildman–Crippen LogP) is 9.55. The van der Waals surface area contributed by atoms with E-state index >= 15 is 0 Å². The minimum Gasteiger partial charge on any atom is -0.491 e. The van der Waals surface area contributed by atoms with Gasteiger partial charge in [-0.25, -0.2) is 13.2 Å². The smallest absolute Gasteiger partial charge is 0.166 e. The highest BCUT2D eigenvalue weighted by molar-refractivity contribution is 5.65. The number of hydrogen-bond acceptors (Lipinski definition) is 1. The molecule has 0 atom stereocenters. The lowest BCUT2D eigenvalue weighted by atomic mass is 9.77. The number of unbranched alkanes of at least 4 members (excludes halogenated alkanes) is 2. The largest absolute Gasteiger partial charge is 0.491 e. The van der Waals surface area contributed by atoms with Crippen molar-refractivity contribution in [1.82, 2.24) is 0 Å². The molecule has 0 aromatic heterocycles. The van der Waals surface area contributed by atoms with Crippen molar-refractivity contribution in [2.24, 2.45) is 5.92 Å². The van der Waals surface area contributed by atoms with Gasteiger partial charge in [0.05, 0.1) is 6.61 Å². The third kappa shape index (κ3) is 6.52. The summed E-state index contributed by atoms with van der Waals surface area (Å²) in [5.41, 5.74) is 3.56. The van der Waals surface area contributed by atoms with Crippen LogP contribution in [0, 0.1) is 30.3 Å². The summed E-state index contributed by atoms with van der Waals surface area (Å²) in [5.74, 6) is -0.614. The molecule has 0 aliphatic heterocycles. The quantitative estimate of drug-likeness (QED) is 0.255. The molecule has 3 aromatic carbocycles. The lowest BCUT2D eigenvalue weighted by molar-refractivity contribution is 0.289. The topological polar surface area (TPSA) is 9.23 Å². The van der Waals surface area contributed by atoms with Gasteiger partial charge in [0.1, 0.15) is 0 Å². The molecule has 0 unspecified atom stereocenters. The summed E-state index contributed by atoms with van der Waals surface area (Å²) in [6.45, 7) is 4.65. The molecule has 4 heteroatoms. The van der Waals surface area contributed by atoms with E-state index in [-0.39, 0.29) is 5.82 Å². The Bertz CT molecular complexity index is 1130. The Balaban J connectivity index is 1.29. The number of aryl methyl sites for hydroxylation is 2. The molecule has 1 saturated carbocycles. The molecule has 3 aromatic rings. The Hall–Kier alpha value is -2.75. The number of rotatable bonds is 10. The highest BCUT2D eigenvalue weighted by Gasteiger charge is 2.24. The average Bonchev–Trinajstić information content (AvgIpc) is 2.89. The van der Waals surface area contributed by atoms with Crippen molar-refractivity contribution in [3.8, 4) is 16.9 Å². The fourth-order valence-electron chi connectivity index (χ4n) is 5.30. The number of ether oxygens (including phenoxy) is 1. The molecule has 0 spiro atoms. The van der Waals surface area contributed by atoms with Gasteiger partial charge in [0, 0.05) is 5.56 Å². The zero-order chi connectivity index (χ0) is 25.5. The van der Waals surface area contributed by atoms with Crippen molar-refractivity contribution in [3.63, 3.8) is 0 Å². The Morgan fingerprint density at radius 3 is 2.28 bits per heavy atom. The number of benzene rings is 3. The van der Waals surface area contributed by atoms with Crippen LogP contribution >= 0.6 is 0 Å². The highest BCUT2D eigenvalue weighted by atomic mass is 19.2. The Morgan fingerprint density at radius 2 is 1.58 bits per heavy atom. The van der Waals surface area contributed by atoms with Gasteiger partial charge < -0.3 is 4.74 Å². The molecule has 0 heterocycles. The summed E-state index contributed by atoms with van der Waals surface area (Å²) in [7, 11) is 0. The summed E-state index contributed by atoms with van der Waals surface area (Å²) in [4.78, 5) is 0. The van der Waals surface area contributed by atoms with Gasteiger partial charge in [-0.1, -0.05) is 67.8 Å². The summed E-state index contributed by atoms with van der Waals surface area (Å²) in [6, 6.07) is 16.3. The second-order valence-electron chi connectivity index (χ2n) is 10.3. The number of halogens is 3. The van der Waals surface area contributed by atoms with Crippen LogP contribution in [-0.2, 0) is 6.42 Å². The first-order chi connectivity index (χ1) is 17.5. The summed E-state index contributed by atoms with van der Waals surface area (Å²) in [5, 5.41) is 0. The van der Waals surface area contributed by atoms with Crippen LogP contribution in [0.2, 0.25) is 0 Å². The van der Waals surface area contributed by atoms with Crippen LogP contribution in [0.15, 0.2) is 54.6 Å². The van der Waals surface area contributed by atoms with Crippen molar-refractivity contribution in [2.45, 2.75) is 77.6 Å². The Labute approximate surface area is 213 Å². The highest BCUT2D eigenvalue weighted by Crippen LogP contribution is 2.39. The van der Waals surface area contributed by atoms with Crippen LogP contribution in [0.5, 0.6) is 5.75 Å². The molecule has 0 radical (unpaired) electrons. The van der Waals surface area contributed by atoms with Crippen LogP contribution in [0.25, 0.3) is 11.1 Å². The zero-order valence-corrected chi connectivity index (χ0v) is 21.5. The normalized spacial score (nSPS) is 17.8. The maximum Gasteiger partial charge on any atom is 0.166 e. The van der Waals surface area contributed by atoms with Gasteiger partial charge in [0.2, 0.25) is 0 Å². The molecule has 0 bridgehead atoms. The van der Waals surface area contributed by atoms with E-state index in [2.05, 4.69) is 6.92 Å². The predicted molar refractivity (Wildman–Crippen MR) is 141 cm³/mol. The average molecular weight is 495 g/mol. The van der Waals surface area contributed by atoms with Gasteiger partial charge in [-0.05, 0) is 92.5 Å². The zero-order valence-electron chi connectivity index (χ0n) is 21.5. The molecule has 192 valence electrons. The maximum atomic E-state index is 14.8. The lowest BCUT2D eigenvalue weighted by Gasteiger charge is -2.29. The third-order valence-corrected chi connectivity index (χ3v) is 7.63. The van der Waals surface area contributed by atoms with E-state index in [0.29, 0.717) is 47.3 Å². The van der Waals surface area contributed by atoms with Crippen molar-refractivity contribution >= 4 is 0 Å². The minimum absolute atomic E-state index is 0.280. The molecule has 1 nitrogen and oxygen atoms in total. The molecule has 1 fully saturated rings. The van der Waals surface area contributed by atoms with E-state index in [1.165, 1.54) is 0 Å². The van der Waals surface area contributed by atoms with Gasteiger partial charge in [-0.3, -0.25) is 0 Å². The molecular formula is C32H37F3O. The van der Waals surface area contributed by atoms with Gasteiger partial charge >= 0.3 is 0 Å². The Morgan fingerprint density at radius 1 is 0.833 bits per heavy atom. The summed E-state index contributed by atoms with van der Waals surface area (Å²) >= 11 is 0. The first kappa shape index (κ1) is 26.3. The molecule has 1 aliphatic carbocycles. The molecule has 0 amide bonds. The lowest BCUT2D eigenvalue weighted by Crippen LogP contribution is -2.14. The van der Waals surface area contributed by atoms with Crippen LogP contribution < -0.4 is 4.74 Å². The van der Waals surface area contributed by atoms with Crippen LogP contribution in [0.1, 0.15) is 80.9 Å². The van der Waals surface area contributed by atoms with Gasteiger partial charge in [-0.15, -0.1) is 0 Å². The first-order valence-electron chi connectivity index (χ1n) is 13.4. The van der Waals surface area contributed by atoms with Crippen LogP contribution in [-0.4, -0.2) is 6.61 Å². The van der Waals surface area contributed by atoms with Crippen molar-refractivity contribution in [3.05, 3.63) is 88.7 Å². The molecule has 0 saturated heterocycles. The summed E-state index contributed by atoms with van der Waals surface area (Å²) in [6.07, 6.45) is 8.53. The monoisotopic (exact) mass is 494 g/mol. The third-order valence-electron chi connectivity index (χ3n) is 7.63. The summed E-state index contributed by atoms with van der Waals surface area (Å²) < 4.78 is 49.8. The van der Waals surface area contributed by atoms with Crippen LogP contribution in [0.4, 0.5) is 13.2 Å². The van der Waals surface area contributed by atoms with Gasteiger partial charge in [0.25, 0.3) is 0 Å². The van der Waals surface area contributed by atoms with Gasteiger partial charge in [0.15, 0.2) is 23.2 Å². The van der Waals surface area contributed by atoms with E-state index < -0.39 is 11.6 Å². The molecule has 0 N–H and O–H groups in total. The molecule has 36 heavy (non-hydrogen) atoms. The SMILES string of the molecule is CCCCCOc1ccc(C2CCC(CCc3ccc(-c4ccc(C)cc4)c(F)c3F)CC2)cc1F. The van der Waals surface area contributed by atoms with E-state index in [1.807, 2.05) is 37.3 Å². The van der Waals surface area contributed by atoms with E-state index in [0.717, 1.165) is 62.5 Å². The van der Waals surface area contributed by atoms with E-state index in [9.17, 15) is 13.2 Å². The second-order valence-corrected chi connectivity index (χ2v) is 10.3. The van der Waals surface area contributed by atoms with Gasteiger partial charge in [-0.2, -0.15) is 0 Å². The Kier molecular flexibility index (Phi) is 9.12. The number of hydrogen-bond donors (Lipinski definition) is 0. The van der Waals surface area contributed by atoms with Crippen molar-refractivity contribution in [1.29, 1.82) is 0 Å². The second kappa shape index (κ2) is 12.5. The molecule has 4 rings (SSSR count). The first-order valence-corrected chi connectivity index (χ1v) is 13.4. The van der Waals surface area contributed by atoms with E-state index in [1.54, 1.807) is 24.3 Å². The van der Waals surface area contributed by atoms with Crippen molar-refractivity contribution < 1.29 is 17.9 Å². The van der Waals surface area contributed by atoms with Crippen molar-refractivity contribution in [2.75, 3.05) is 6.61 Å². The minimum atomic E-state index is -0.764. The fraction of sp³-hybridized carbons (Fsp3) is 0.438. The van der Waals surface area contributed by atoms with Crippen LogP contribution in [0.3, 0.4) is 0 Å².